The lowest BCUT2D eigenvalue weighted by Crippen LogP contribution is -2.58. The summed E-state index contributed by atoms with van der Waals surface area (Å²) in [6.45, 7) is 5.95. The Hall–Kier alpha value is -2.45. The first-order chi connectivity index (χ1) is 14.8. The first-order valence-electron chi connectivity index (χ1n) is 10.1. The third-order valence-electron chi connectivity index (χ3n) is 5.46. The largest absolute Gasteiger partial charge is 0.493 e. The van der Waals surface area contributed by atoms with Gasteiger partial charge in [0.2, 0.25) is 0 Å². The third-order valence-corrected chi connectivity index (χ3v) is 6.05. The number of carbonyl (C=O) groups is 2. The zero-order chi connectivity index (χ0) is 22.5. The molecule has 8 heteroatoms. The summed E-state index contributed by atoms with van der Waals surface area (Å²) < 4.78 is 24.8. The van der Waals surface area contributed by atoms with E-state index in [-0.39, 0.29) is 30.4 Å². The normalized spacial score (nSPS) is 19.2. The van der Waals surface area contributed by atoms with Gasteiger partial charge >= 0.3 is 0 Å². The van der Waals surface area contributed by atoms with Crippen molar-refractivity contribution in [3.8, 4) is 11.5 Å². The van der Waals surface area contributed by atoms with Crippen LogP contribution in [0, 0.1) is 5.82 Å². The van der Waals surface area contributed by atoms with Gasteiger partial charge in [-0.15, -0.1) is 0 Å². The van der Waals surface area contributed by atoms with Crippen LogP contribution in [-0.2, 0) is 11.3 Å². The van der Waals surface area contributed by atoms with Gasteiger partial charge in [-0.25, -0.2) is 4.39 Å². The Bertz CT molecular complexity index is 938. The maximum atomic E-state index is 13.2. The van der Waals surface area contributed by atoms with Gasteiger partial charge in [0.05, 0.1) is 11.6 Å². The zero-order valence-electron chi connectivity index (χ0n) is 17.8. The van der Waals surface area contributed by atoms with Crippen molar-refractivity contribution in [1.29, 1.82) is 0 Å². The van der Waals surface area contributed by atoms with Crippen LogP contribution in [0.15, 0.2) is 40.9 Å². The molecule has 0 N–H and O–H groups in total. The maximum Gasteiger partial charge on any atom is 0.260 e. The van der Waals surface area contributed by atoms with E-state index in [4.69, 9.17) is 9.47 Å². The van der Waals surface area contributed by atoms with Gasteiger partial charge in [-0.1, -0.05) is 12.1 Å². The summed E-state index contributed by atoms with van der Waals surface area (Å²) in [7, 11) is 1.48. The van der Waals surface area contributed by atoms with E-state index in [2.05, 4.69) is 27.8 Å². The Morgan fingerprint density at radius 1 is 1.19 bits per heavy atom. The fraction of sp³-hybridized carbons (Fsp3) is 0.391. The van der Waals surface area contributed by atoms with E-state index in [9.17, 15) is 14.0 Å². The van der Waals surface area contributed by atoms with Crippen LogP contribution in [0.25, 0.3) is 0 Å². The lowest BCUT2D eigenvalue weighted by atomic mass is 10.1. The van der Waals surface area contributed by atoms with Crippen LogP contribution >= 0.6 is 15.9 Å². The van der Waals surface area contributed by atoms with Crippen molar-refractivity contribution < 1.29 is 23.5 Å². The van der Waals surface area contributed by atoms with Crippen molar-refractivity contribution in [3.63, 3.8) is 0 Å². The van der Waals surface area contributed by atoms with E-state index in [0.29, 0.717) is 41.2 Å². The fourth-order valence-corrected chi connectivity index (χ4v) is 4.33. The molecule has 0 aromatic heterocycles. The molecule has 166 valence electrons. The number of aldehydes is 1. The Balaban J connectivity index is 1.62. The molecule has 2 aromatic carbocycles. The van der Waals surface area contributed by atoms with Gasteiger partial charge in [-0.2, -0.15) is 0 Å². The van der Waals surface area contributed by atoms with Crippen molar-refractivity contribution in [2.75, 3.05) is 26.8 Å². The molecule has 1 fully saturated rings. The number of hydrogen-bond acceptors (Lipinski definition) is 5. The molecule has 0 aliphatic carbocycles. The number of carbonyl (C=O) groups excluding carboxylic acids is 2. The van der Waals surface area contributed by atoms with Crippen LogP contribution in [0.5, 0.6) is 11.5 Å². The summed E-state index contributed by atoms with van der Waals surface area (Å²) in [5.74, 6) is 0.408. The molecule has 3 rings (SSSR count). The molecule has 6 nitrogen and oxygen atoms in total. The highest BCUT2D eigenvalue weighted by atomic mass is 79.9. The highest BCUT2D eigenvalue weighted by molar-refractivity contribution is 9.10. The first kappa shape index (κ1) is 23.2. The number of benzene rings is 2. The van der Waals surface area contributed by atoms with Crippen molar-refractivity contribution in [2.24, 2.45) is 0 Å². The summed E-state index contributed by atoms with van der Waals surface area (Å²) in [6.07, 6.45) is 0.719. The van der Waals surface area contributed by atoms with Gasteiger partial charge in [0, 0.05) is 37.3 Å². The van der Waals surface area contributed by atoms with Gasteiger partial charge in [0.15, 0.2) is 18.1 Å². The fourth-order valence-electron chi connectivity index (χ4n) is 3.76. The van der Waals surface area contributed by atoms with Crippen LogP contribution in [-0.4, -0.2) is 60.9 Å². The summed E-state index contributed by atoms with van der Waals surface area (Å²) >= 11 is 3.37. The van der Waals surface area contributed by atoms with Gasteiger partial charge in [0.25, 0.3) is 5.91 Å². The Kier molecular flexibility index (Phi) is 7.67. The molecule has 2 aromatic rings. The van der Waals surface area contributed by atoms with Crippen molar-refractivity contribution >= 4 is 28.1 Å². The molecule has 0 bridgehead atoms. The summed E-state index contributed by atoms with van der Waals surface area (Å²) in [4.78, 5) is 28.0. The molecule has 1 heterocycles. The van der Waals surface area contributed by atoms with Gasteiger partial charge in [0.1, 0.15) is 12.1 Å². The molecule has 1 aliphatic heterocycles. The predicted octanol–water partition coefficient (Wildman–Crippen LogP) is 3.91. The molecule has 0 radical (unpaired) electrons. The summed E-state index contributed by atoms with van der Waals surface area (Å²) in [5, 5.41) is 0. The number of hydrogen-bond donors (Lipinski definition) is 0. The van der Waals surface area contributed by atoms with E-state index >= 15 is 0 Å². The Morgan fingerprint density at radius 3 is 2.55 bits per heavy atom. The minimum Gasteiger partial charge on any atom is -0.493 e. The lowest BCUT2D eigenvalue weighted by Gasteiger charge is -2.44. The van der Waals surface area contributed by atoms with E-state index < -0.39 is 0 Å². The standard InChI is InChI=1S/C23H26BrFN2O4/c1-15-11-27(16(2)10-26(15)12-17-4-6-19(25)7-5-17)22(29)14-31-23-20(24)8-18(13-28)9-21(23)30-3/h4-9,13,15-16H,10-12,14H2,1-3H3/t15-,16+/m1/s1. The third kappa shape index (κ3) is 5.62. The molecular formula is C23H26BrFN2O4. The van der Waals surface area contributed by atoms with Crippen molar-refractivity contribution in [3.05, 3.63) is 57.8 Å². The molecule has 0 unspecified atom stereocenters. The van der Waals surface area contributed by atoms with Crippen LogP contribution in [0.3, 0.4) is 0 Å². The molecule has 2 atom stereocenters. The maximum absolute atomic E-state index is 13.2. The summed E-state index contributed by atoms with van der Waals surface area (Å²) in [5.41, 5.74) is 1.49. The lowest BCUT2D eigenvalue weighted by molar-refractivity contribution is -0.139. The number of nitrogens with zero attached hydrogens (tertiary/aromatic N) is 2. The van der Waals surface area contributed by atoms with E-state index in [1.54, 1.807) is 24.3 Å². The molecule has 0 saturated carbocycles. The van der Waals surface area contributed by atoms with E-state index in [0.717, 1.165) is 11.8 Å². The number of amides is 1. The minimum atomic E-state index is -0.246. The molecule has 1 amide bonds. The highest BCUT2D eigenvalue weighted by Gasteiger charge is 2.32. The smallest absolute Gasteiger partial charge is 0.260 e. The van der Waals surface area contributed by atoms with Crippen molar-refractivity contribution in [1.82, 2.24) is 9.80 Å². The van der Waals surface area contributed by atoms with Crippen LogP contribution in [0.4, 0.5) is 4.39 Å². The van der Waals surface area contributed by atoms with Crippen LogP contribution in [0.1, 0.15) is 29.8 Å². The zero-order valence-corrected chi connectivity index (χ0v) is 19.4. The average molecular weight is 493 g/mol. The van der Waals surface area contributed by atoms with E-state index in [1.807, 2.05) is 11.8 Å². The SMILES string of the molecule is COc1cc(C=O)cc(Br)c1OCC(=O)N1C[C@@H](C)N(Cc2ccc(F)cc2)C[C@@H]1C. The van der Waals surface area contributed by atoms with Crippen LogP contribution < -0.4 is 9.47 Å². The molecule has 0 spiro atoms. The predicted molar refractivity (Wildman–Crippen MR) is 119 cm³/mol. The second-order valence-electron chi connectivity index (χ2n) is 7.74. The number of methoxy groups -OCH3 is 1. The highest BCUT2D eigenvalue weighted by Crippen LogP contribution is 2.36. The first-order valence-corrected chi connectivity index (χ1v) is 10.8. The number of piperazine rings is 1. The summed E-state index contributed by atoms with van der Waals surface area (Å²) in [6, 6.07) is 9.86. The quantitative estimate of drug-likeness (QED) is 0.548. The number of rotatable bonds is 7. The number of ether oxygens (including phenoxy) is 2. The van der Waals surface area contributed by atoms with Gasteiger partial charge in [-0.05, 0) is 59.6 Å². The molecule has 31 heavy (non-hydrogen) atoms. The van der Waals surface area contributed by atoms with E-state index in [1.165, 1.54) is 19.2 Å². The topological polar surface area (TPSA) is 59.1 Å². The van der Waals surface area contributed by atoms with Gasteiger partial charge in [-0.3, -0.25) is 14.5 Å². The second kappa shape index (κ2) is 10.2. The monoisotopic (exact) mass is 492 g/mol. The molecule has 1 saturated heterocycles. The Labute approximate surface area is 190 Å². The molecular weight excluding hydrogens is 467 g/mol. The average Bonchev–Trinajstić information content (AvgIpc) is 2.75. The van der Waals surface area contributed by atoms with Gasteiger partial charge < -0.3 is 14.4 Å². The second-order valence-corrected chi connectivity index (χ2v) is 8.60. The molecule has 1 aliphatic rings. The number of halogens is 2. The van der Waals surface area contributed by atoms with Crippen LogP contribution in [0.2, 0.25) is 0 Å². The minimum absolute atomic E-state index is 0.00974. The van der Waals surface area contributed by atoms with Crippen molar-refractivity contribution in [2.45, 2.75) is 32.5 Å². The Morgan fingerprint density at radius 2 is 1.90 bits per heavy atom.